The zero-order valence-electron chi connectivity index (χ0n) is 26.9. The maximum Gasteiger partial charge on any atom is 0.0991 e. The zero-order chi connectivity index (χ0) is 28.8. The van der Waals surface area contributed by atoms with E-state index in [-0.39, 0.29) is 22.3 Å². The number of rotatable bonds is 13. The van der Waals surface area contributed by atoms with Gasteiger partial charge in [-0.05, 0) is 101 Å². The molecule has 0 spiro atoms. The van der Waals surface area contributed by atoms with Crippen LogP contribution in [0.25, 0.3) is 0 Å². The quantitative estimate of drug-likeness (QED) is 0.128. The number of fused-ring (bicyclic) bond motifs is 2. The average Bonchev–Trinajstić information content (AvgIpc) is 3.29. The van der Waals surface area contributed by atoms with Crippen molar-refractivity contribution in [2.45, 2.75) is 157 Å². The second kappa shape index (κ2) is 13.5. The molecule has 2 bridgehead atoms. The Hall–Kier alpha value is -1.11. The number of ether oxygens (including phenoxy) is 1. The molecule has 216 valence electrons. The summed E-state index contributed by atoms with van der Waals surface area (Å²) in [6.07, 6.45) is 14.7. The van der Waals surface area contributed by atoms with Crippen LogP contribution in [0.3, 0.4) is 0 Å². The van der Waals surface area contributed by atoms with Crippen molar-refractivity contribution in [3.05, 3.63) is 34.7 Å². The Labute approximate surface area is 237 Å². The minimum Gasteiger partial charge on any atom is -0.371 e. The minimum absolute atomic E-state index is 0.0597. The second-order valence-electron chi connectivity index (χ2n) is 15.3. The van der Waals surface area contributed by atoms with Crippen LogP contribution in [0, 0.1) is 28.6 Å². The third kappa shape index (κ3) is 10.1. The average molecular weight is 543 g/mol. The fourth-order valence-electron chi connectivity index (χ4n) is 6.24. The van der Waals surface area contributed by atoms with Gasteiger partial charge in [0.05, 0.1) is 25.6 Å². The fourth-order valence-corrected chi connectivity index (χ4v) is 6.89. The van der Waals surface area contributed by atoms with Crippen molar-refractivity contribution in [1.29, 1.82) is 0 Å². The summed E-state index contributed by atoms with van der Waals surface area (Å²) in [6, 6.07) is 1.08. The standard InChI is InChI=1S/C35H59FOSi/c1-27(18-20-31-34(6,7)32-22-25-35(31,8)37-32)15-14-16-30(36)29(3)19-17-28(2)21-24-33(4,5)23-12-13-26-38(9,10)11/h15,21,31-32H,14,16-20,22-26H2,1-11H3/b27-15+,28-21-,30-29-/t31-,32-,35+/m0/s1. The van der Waals surface area contributed by atoms with Gasteiger partial charge in [-0.1, -0.05) is 70.6 Å². The predicted octanol–water partition coefficient (Wildman–Crippen LogP) is 11.2. The van der Waals surface area contributed by atoms with Gasteiger partial charge in [0.25, 0.3) is 0 Å². The first kappa shape index (κ1) is 33.1. The third-order valence-corrected chi connectivity index (χ3v) is 10.4. The lowest BCUT2D eigenvalue weighted by molar-refractivity contribution is 0.00469. The van der Waals surface area contributed by atoms with Crippen molar-refractivity contribution >= 4 is 8.07 Å². The molecule has 2 rings (SSSR count). The molecule has 0 radical (unpaired) electrons. The second-order valence-corrected chi connectivity index (χ2v) is 20.8. The van der Waals surface area contributed by atoms with E-state index in [4.69, 9.17) is 4.74 Å². The van der Waals surface area contributed by atoms with Crippen molar-refractivity contribution < 1.29 is 9.13 Å². The van der Waals surface area contributed by atoms with E-state index in [0.29, 0.717) is 18.4 Å². The highest BCUT2D eigenvalue weighted by molar-refractivity contribution is 6.76. The highest BCUT2D eigenvalue weighted by Crippen LogP contribution is 2.59. The molecular formula is C35H59FOSi. The van der Waals surface area contributed by atoms with Crippen LogP contribution in [0.15, 0.2) is 34.7 Å². The molecule has 0 saturated carbocycles. The van der Waals surface area contributed by atoms with Gasteiger partial charge in [0.1, 0.15) is 0 Å². The Kier molecular flexibility index (Phi) is 11.8. The smallest absolute Gasteiger partial charge is 0.0991 e. The molecule has 2 aliphatic heterocycles. The number of hydrogen-bond acceptors (Lipinski definition) is 1. The van der Waals surface area contributed by atoms with Gasteiger partial charge in [0, 0.05) is 18.9 Å². The molecule has 2 heterocycles. The summed E-state index contributed by atoms with van der Waals surface area (Å²) >= 11 is 0. The first-order valence-electron chi connectivity index (χ1n) is 15.2. The normalized spacial score (nSPS) is 26.3. The van der Waals surface area contributed by atoms with Crippen LogP contribution in [0.1, 0.15) is 120 Å². The first-order chi connectivity index (χ1) is 17.5. The summed E-state index contributed by atoms with van der Waals surface area (Å²) in [4.78, 5) is 0. The summed E-state index contributed by atoms with van der Waals surface area (Å²) in [5.41, 5.74) is 4.18. The lowest BCUT2D eigenvalue weighted by Gasteiger charge is -2.39. The van der Waals surface area contributed by atoms with Crippen molar-refractivity contribution in [2.24, 2.45) is 16.7 Å². The largest absolute Gasteiger partial charge is 0.371 e. The molecule has 0 aromatic rings. The third-order valence-electron chi connectivity index (χ3n) is 9.13. The van der Waals surface area contributed by atoms with Crippen LogP contribution in [0.2, 0.25) is 25.7 Å². The van der Waals surface area contributed by atoms with E-state index in [1.54, 1.807) is 0 Å². The molecular weight excluding hydrogens is 483 g/mol. The highest BCUT2D eigenvalue weighted by Gasteiger charge is 2.60. The van der Waals surface area contributed by atoms with Gasteiger partial charge in [-0.2, -0.15) is 0 Å². The van der Waals surface area contributed by atoms with Gasteiger partial charge >= 0.3 is 0 Å². The molecule has 3 atom stereocenters. The molecule has 0 aliphatic carbocycles. The van der Waals surface area contributed by atoms with E-state index in [9.17, 15) is 4.39 Å². The topological polar surface area (TPSA) is 9.23 Å². The van der Waals surface area contributed by atoms with E-state index in [2.05, 4.69) is 92.1 Å². The minimum atomic E-state index is -1.08. The summed E-state index contributed by atoms with van der Waals surface area (Å²) in [6.45, 7) is 25.2. The molecule has 2 saturated heterocycles. The number of hydrogen-bond donors (Lipinski definition) is 0. The molecule has 0 N–H and O–H groups in total. The van der Waals surface area contributed by atoms with Crippen molar-refractivity contribution in [1.82, 2.24) is 0 Å². The van der Waals surface area contributed by atoms with Gasteiger partial charge in [0.2, 0.25) is 0 Å². The predicted molar refractivity (Wildman–Crippen MR) is 168 cm³/mol. The van der Waals surface area contributed by atoms with E-state index in [1.807, 2.05) is 6.92 Å². The van der Waals surface area contributed by atoms with Gasteiger partial charge in [-0.3, -0.25) is 0 Å². The van der Waals surface area contributed by atoms with E-state index < -0.39 is 8.07 Å². The molecule has 38 heavy (non-hydrogen) atoms. The Bertz CT molecular complexity index is 944. The van der Waals surface area contributed by atoms with Crippen LogP contribution in [-0.2, 0) is 4.74 Å². The molecule has 0 aromatic heterocycles. The molecule has 3 heteroatoms. The number of allylic oxidation sites excluding steroid dienone is 6. The van der Waals surface area contributed by atoms with Crippen LogP contribution >= 0.6 is 0 Å². The van der Waals surface area contributed by atoms with Crippen molar-refractivity contribution in [3.8, 4) is 11.8 Å². The SMILES string of the molecule is C/C(=C/CC(C)(C)CC#CC[Si](C)(C)C)CC/C(C)=C(\F)CC/C=C(\C)CC[C@H]1C(C)(C)[C@@H]2CC[C@@]1(C)O2. The molecule has 0 unspecified atom stereocenters. The summed E-state index contributed by atoms with van der Waals surface area (Å²) in [5, 5.41) is 0. The molecule has 0 amide bonds. The van der Waals surface area contributed by atoms with E-state index >= 15 is 0 Å². The summed E-state index contributed by atoms with van der Waals surface area (Å²) in [7, 11) is -1.08. The Balaban J connectivity index is 1.74. The maximum atomic E-state index is 14.8. The number of halogens is 1. The van der Waals surface area contributed by atoms with Crippen molar-refractivity contribution in [2.75, 3.05) is 0 Å². The van der Waals surface area contributed by atoms with Crippen LogP contribution in [0.4, 0.5) is 4.39 Å². The first-order valence-corrected chi connectivity index (χ1v) is 18.9. The molecule has 1 nitrogen and oxygen atoms in total. The van der Waals surface area contributed by atoms with Gasteiger partial charge < -0.3 is 4.74 Å². The summed E-state index contributed by atoms with van der Waals surface area (Å²) < 4.78 is 21.2. The Morgan fingerprint density at radius 3 is 2.24 bits per heavy atom. The van der Waals surface area contributed by atoms with Crippen molar-refractivity contribution in [3.63, 3.8) is 0 Å². The Morgan fingerprint density at radius 1 is 0.974 bits per heavy atom. The van der Waals surface area contributed by atoms with Crippen LogP contribution in [0.5, 0.6) is 0 Å². The monoisotopic (exact) mass is 542 g/mol. The van der Waals surface area contributed by atoms with Gasteiger partial charge in [-0.25, -0.2) is 4.39 Å². The highest BCUT2D eigenvalue weighted by atomic mass is 28.3. The summed E-state index contributed by atoms with van der Waals surface area (Å²) in [5.74, 6) is 7.52. The molecule has 2 aliphatic rings. The van der Waals surface area contributed by atoms with Crippen LogP contribution < -0.4 is 0 Å². The van der Waals surface area contributed by atoms with E-state index in [0.717, 1.165) is 50.1 Å². The molecule has 0 aromatic carbocycles. The maximum absolute atomic E-state index is 14.8. The lowest BCUT2D eigenvalue weighted by atomic mass is 9.62. The molecule has 2 fully saturated rings. The zero-order valence-corrected chi connectivity index (χ0v) is 27.9. The fraction of sp³-hybridized carbons (Fsp3) is 0.771. The van der Waals surface area contributed by atoms with Gasteiger partial charge in [0.15, 0.2) is 0 Å². The van der Waals surface area contributed by atoms with Crippen LogP contribution in [-0.4, -0.2) is 19.8 Å². The lowest BCUT2D eigenvalue weighted by Crippen LogP contribution is -2.40. The Morgan fingerprint density at radius 2 is 1.63 bits per heavy atom. The van der Waals surface area contributed by atoms with E-state index in [1.165, 1.54) is 30.4 Å². The van der Waals surface area contributed by atoms with Gasteiger partial charge in [-0.15, -0.1) is 11.8 Å².